The molecule has 2 aromatic carbocycles. The first-order chi connectivity index (χ1) is 9.60. The van der Waals surface area contributed by atoms with Gasteiger partial charge in [0.15, 0.2) is 0 Å². The molecule has 104 valence electrons. The van der Waals surface area contributed by atoms with Crippen LogP contribution in [0.25, 0.3) is 0 Å². The summed E-state index contributed by atoms with van der Waals surface area (Å²) in [7, 11) is 0. The van der Waals surface area contributed by atoms with Crippen molar-refractivity contribution >= 4 is 35.0 Å². The third-order valence-electron chi connectivity index (χ3n) is 2.77. The van der Waals surface area contributed by atoms with Crippen molar-refractivity contribution in [3.05, 3.63) is 58.9 Å². The van der Waals surface area contributed by atoms with Gasteiger partial charge in [0.25, 0.3) is 0 Å². The molecule has 0 aliphatic carbocycles. The van der Waals surface area contributed by atoms with Crippen LogP contribution in [-0.2, 0) is 11.2 Å². The third-order valence-corrected chi connectivity index (χ3v) is 3.87. The Morgan fingerprint density at radius 1 is 1.25 bits per heavy atom. The fourth-order valence-corrected chi connectivity index (χ4v) is 2.38. The van der Waals surface area contributed by atoms with Gasteiger partial charge in [-0.1, -0.05) is 17.7 Å². The fourth-order valence-electron chi connectivity index (χ4n) is 1.74. The van der Waals surface area contributed by atoms with Crippen LogP contribution in [0.5, 0.6) is 0 Å². The summed E-state index contributed by atoms with van der Waals surface area (Å²) < 4.78 is 13.6. The van der Waals surface area contributed by atoms with Crippen LogP contribution in [0.15, 0.2) is 47.4 Å². The highest BCUT2D eigenvalue weighted by atomic mass is 35.5. The van der Waals surface area contributed by atoms with Crippen LogP contribution in [0.4, 0.5) is 10.1 Å². The zero-order valence-electron chi connectivity index (χ0n) is 10.8. The Morgan fingerprint density at radius 2 is 1.95 bits per heavy atom. The topological polar surface area (TPSA) is 29.1 Å². The highest BCUT2D eigenvalue weighted by Crippen LogP contribution is 2.21. The first-order valence-corrected chi connectivity index (χ1v) is 7.57. The number of thioether (sulfide) groups is 1. The summed E-state index contributed by atoms with van der Waals surface area (Å²) in [6.07, 6.45) is 1.89. The Hall–Kier alpha value is -1.52. The number of carbonyl (C=O) groups is 1. The number of halogens is 2. The van der Waals surface area contributed by atoms with Gasteiger partial charge in [0.05, 0.1) is 6.42 Å². The molecule has 0 atom stereocenters. The lowest BCUT2D eigenvalue weighted by Crippen LogP contribution is -2.15. The van der Waals surface area contributed by atoms with E-state index in [1.165, 1.54) is 12.1 Å². The molecule has 1 amide bonds. The standard InChI is InChI=1S/C15H13ClFNOS/c1-20-11-7-5-10(6-8-11)18-15(19)9-12-13(16)3-2-4-14(12)17/h2-8H,9H2,1H3,(H,18,19). The van der Waals surface area contributed by atoms with Crippen molar-refractivity contribution in [3.8, 4) is 0 Å². The van der Waals surface area contributed by atoms with Crippen molar-refractivity contribution in [2.45, 2.75) is 11.3 Å². The zero-order valence-corrected chi connectivity index (χ0v) is 12.4. The van der Waals surface area contributed by atoms with Crippen LogP contribution in [-0.4, -0.2) is 12.2 Å². The lowest BCUT2D eigenvalue weighted by Gasteiger charge is -2.08. The molecule has 0 radical (unpaired) electrons. The number of benzene rings is 2. The van der Waals surface area contributed by atoms with Crippen LogP contribution in [0.3, 0.4) is 0 Å². The summed E-state index contributed by atoms with van der Waals surface area (Å²) in [6.45, 7) is 0. The molecule has 2 rings (SSSR count). The summed E-state index contributed by atoms with van der Waals surface area (Å²) >= 11 is 7.52. The van der Waals surface area contributed by atoms with Crippen LogP contribution in [0, 0.1) is 5.82 Å². The molecule has 0 aliphatic heterocycles. The van der Waals surface area contributed by atoms with Crippen LogP contribution in [0.1, 0.15) is 5.56 Å². The molecule has 0 aromatic heterocycles. The van der Waals surface area contributed by atoms with Gasteiger partial charge in [-0.05, 0) is 42.7 Å². The highest BCUT2D eigenvalue weighted by Gasteiger charge is 2.11. The minimum Gasteiger partial charge on any atom is -0.326 e. The summed E-state index contributed by atoms with van der Waals surface area (Å²) in [4.78, 5) is 13.0. The minimum atomic E-state index is -0.467. The molecule has 20 heavy (non-hydrogen) atoms. The largest absolute Gasteiger partial charge is 0.326 e. The normalized spacial score (nSPS) is 10.3. The molecule has 0 bridgehead atoms. The molecule has 0 fully saturated rings. The Morgan fingerprint density at radius 3 is 2.55 bits per heavy atom. The van der Waals surface area contributed by atoms with Gasteiger partial charge in [-0.15, -0.1) is 11.8 Å². The lowest BCUT2D eigenvalue weighted by atomic mass is 10.1. The van der Waals surface area contributed by atoms with Gasteiger partial charge in [0.1, 0.15) is 5.82 Å². The van der Waals surface area contributed by atoms with Gasteiger partial charge in [-0.2, -0.15) is 0 Å². The number of amides is 1. The highest BCUT2D eigenvalue weighted by molar-refractivity contribution is 7.98. The zero-order chi connectivity index (χ0) is 14.5. The van der Waals surface area contributed by atoms with E-state index >= 15 is 0 Å². The van der Waals surface area contributed by atoms with E-state index in [4.69, 9.17) is 11.6 Å². The summed E-state index contributed by atoms with van der Waals surface area (Å²) in [6, 6.07) is 11.8. The van der Waals surface area contributed by atoms with Crippen molar-refractivity contribution in [3.63, 3.8) is 0 Å². The van der Waals surface area contributed by atoms with E-state index < -0.39 is 5.82 Å². The lowest BCUT2D eigenvalue weighted by molar-refractivity contribution is -0.115. The Balaban J connectivity index is 2.05. The average molecular weight is 310 g/mol. The summed E-state index contributed by atoms with van der Waals surface area (Å²) in [5, 5.41) is 2.98. The Kier molecular flexibility index (Phi) is 5.04. The average Bonchev–Trinajstić information content (AvgIpc) is 2.44. The maximum atomic E-state index is 13.6. The number of anilines is 1. The number of hydrogen-bond donors (Lipinski definition) is 1. The molecule has 0 heterocycles. The number of rotatable bonds is 4. The van der Waals surface area contributed by atoms with Crippen LogP contribution >= 0.6 is 23.4 Å². The number of hydrogen-bond acceptors (Lipinski definition) is 2. The number of nitrogens with one attached hydrogen (secondary N) is 1. The second-order valence-electron chi connectivity index (χ2n) is 4.15. The molecule has 0 saturated heterocycles. The molecule has 0 aliphatic rings. The van der Waals surface area contributed by atoms with Gasteiger partial charge in [0, 0.05) is 21.2 Å². The maximum Gasteiger partial charge on any atom is 0.228 e. The van der Waals surface area contributed by atoms with Crippen molar-refractivity contribution in [2.75, 3.05) is 11.6 Å². The van der Waals surface area contributed by atoms with Gasteiger partial charge >= 0.3 is 0 Å². The van der Waals surface area contributed by atoms with E-state index in [1.807, 2.05) is 30.5 Å². The molecule has 1 N–H and O–H groups in total. The van der Waals surface area contributed by atoms with Crippen molar-refractivity contribution in [1.29, 1.82) is 0 Å². The molecule has 0 spiro atoms. The van der Waals surface area contributed by atoms with E-state index in [0.717, 1.165) is 4.90 Å². The summed E-state index contributed by atoms with van der Waals surface area (Å²) in [5.41, 5.74) is 0.896. The first-order valence-electron chi connectivity index (χ1n) is 5.97. The van der Waals surface area contributed by atoms with Crippen LogP contribution in [0.2, 0.25) is 5.02 Å². The molecule has 5 heteroatoms. The predicted octanol–water partition coefficient (Wildman–Crippen LogP) is 4.38. The van der Waals surface area contributed by atoms with Crippen LogP contribution < -0.4 is 5.32 Å². The van der Waals surface area contributed by atoms with E-state index in [0.29, 0.717) is 5.69 Å². The summed E-state index contributed by atoms with van der Waals surface area (Å²) in [5.74, 6) is -0.765. The smallest absolute Gasteiger partial charge is 0.228 e. The monoisotopic (exact) mass is 309 g/mol. The van der Waals surface area contributed by atoms with Gasteiger partial charge in [-0.25, -0.2) is 4.39 Å². The van der Waals surface area contributed by atoms with E-state index in [-0.39, 0.29) is 22.9 Å². The van der Waals surface area contributed by atoms with Gasteiger partial charge in [0.2, 0.25) is 5.91 Å². The second-order valence-corrected chi connectivity index (χ2v) is 5.44. The number of carbonyl (C=O) groups excluding carboxylic acids is 1. The van der Waals surface area contributed by atoms with Gasteiger partial charge < -0.3 is 5.32 Å². The van der Waals surface area contributed by atoms with Crippen molar-refractivity contribution in [2.24, 2.45) is 0 Å². The van der Waals surface area contributed by atoms with Crippen molar-refractivity contribution < 1.29 is 9.18 Å². The Labute approximate surface area is 126 Å². The van der Waals surface area contributed by atoms with E-state index in [9.17, 15) is 9.18 Å². The minimum absolute atomic E-state index is 0.0875. The second kappa shape index (κ2) is 6.77. The van der Waals surface area contributed by atoms with Gasteiger partial charge in [-0.3, -0.25) is 4.79 Å². The predicted molar refractivity (Wildman–Crippen MR) is 82.0 cm³/mol. The molecular weight excluding hydrogens is 297 g/mol. The van der Waals surface area contributed by atoms with E-state index in [2.05, 4.69) is 5.32 Å². The Bertz CT molecular complexity index is 596. The SMILES string of the molecule is CSc1ccc(NC(=O)Cc2c(F)cccc2Cl)cc1. The molecule has 2 aromatic rings. The molecule has 2 nitrogen and oxygen atoms in total. The quantitative estimate of drug-likeness (QED) is 0.849. The molecule has 0 saturated carbocycles. The molecular formula is C15H13ClFNOS. The first kappa shape index (κ1) is 14.9. The fraction of sp³-hybridized carbons (Fsp3) is 0.133. The van der Waals surface area contributed by atoms with E-state index in [1.54, 1.807) is 17.8 Å². The molecule has 0 unspecified atom stereocenters. The maximum absolute atomic E-state index is 13.6. The third kappa shape index (κ3) is 3.74. The van der Waals surface area contributed by atoms with Crippen molar-refractivity contribution in [1.82, 2.24) is 0 Å².